The molecule has 0 atom stereocenters. The molecule has 5 nitrogen and oxygen atoms in total. The number of carbonyl (C=O) groups is 1. The van der Waals surface area contributed by atoms with Crippen molar-refractivity contribution in [2.45, 2.75) is 25.2 Å². The lowest BCUT2D eigenvalue weighted by molar-refractivity contribution is -0.141. The summed E-state index contributed by atoms with van der Waals surface area (Å²) >= 11 is 5.95. The number of rotatable bonds is 3. The standard InChI is InChI=1S/C15H14ClF2N3O2/c1-19-12-11-9(3-4-15(11,17)18)14(20-13(12)16)21-6-8(7-21)5-10(22)23-2/h8H,3-7H2,2H3. The van der Waals surface area contributed by atoms with Gasteiger partial charge in [-0.25, -0.2) is 18.6 Å². The van der Waals surface area contributed by atoms with Crippen molar-refractivity contribution in [2.24, 2.45) is 5.92 Å². The zero-order valence-corrected chi connectivity index (χ0v) is 13.2. The van der Waals surface area contributed by atoms with Gasteiger partial charge in [0.25, 0.3) is 5.92 Å². The molecule has 0 radical (unpaired) electrons. The van der Waals surface area contributed by atoms with Gasteiger partial charge < -0.3 is 9.64 Å². The Balaban J connectivity index is 1.89. The van der Waals surface area contributed by atoms with Crippen molar-refractivity contribution >= 4 is 29.1 Å². The van der Waals surface area contributed by atoms with Gasteiger partial charge in [-0.15, -0.1) is 0 Å². The summed E-state index contributed by atoms with van der Waals surface area (Å²) in [5.41, 5.74) is -0.125. The second-order valence-electron chi connectivity index (χ2n) is 5.80. The number of methoxy groups -OCH3 is 1. The molecule has 0 aromatic carbocycles. The van der Waals surface area contributed by atoms with Crippen LogP contribution in [0.3, 0.4) is 0 Å². The molecule has 1 aromatic rings. The van der Waals surface area contributed by atoms with E-state index in [1.165, 1.54) is 7.11 Å². The van der Waals surface area contributed by atoms with Crippen molar-refractivity contribution in [3.05, 3.63) is 27.7 Å². The fourth-order valence-corrected chi connectivity index (χ4v) is 3.38. The van der Waals surface area contributed by atoms with Crippen molar-refractivity contribution in [1.82, 2.24) is 4.98 Å². The highest BCUT2D eigenvalue weighted by Gasteiger charge is 2.45. The molecule has 2 heterocycles. The van der Waals surface area contributed by atoms with Crippen molar-refractivity contribution in [3.63, 3.8) is 0 Å². The lowest BCUT2D eigenvalue weighted by Gasteiger charge is -2.40. The van der Waals surface area contributed by atoms with E-state index in [0.717, 1.165) is 0 Å². The van der Waals surface area contributed by atoms with Crippen LogP contribution in [0.2, 0.25) is 5.15 Å². The molecule has 3 rings (SSSR count). The summed E-state index contributed by atoms with van der Waals surface area (Å²) < 4.78 is 32.9. The van der Waals surface area contributed by atoms with E-state index in [1.807, 2.05) is 4.90 Å². The number of esters is 1. The number of ether oxygens (including phenoxy) is 1. The highest BCUT2D eigenvalue weighted by atomic mass is 35.5. The van der Waals surface area contributed by atoms with E-state index in [9.17, 15) is 13.6 Å². The topological polar surface area (TPSA) is 46.8 Å². The van der Waals surface area contributed by atoms with Crippen LogP contribution in [0.1, 0.15) is 24.0 Å². The lowest BCUT2D eigenvalue weighted by Crippen LogP contribution is -2.48. The Bertz CT molecular complexity index is 712. The molecule has 0 unspecified atom stereocenters. The van der Waals surface area contributed by atoms with E-state index in [2.05, 4.69) is 14.6 Å². The van der Waals surface area contributed by atoms with E-state index in [-0.39, 0.29) is 41.1 Å². The van der Waals surface area contributed by atoms with E-state index in [0.29, 0.717) is 30.9 Å². The van der Waals surface area contributed by atoms with Gasteiger partial charge >= 0.3 is 5.97 Å². The summed E-state index contributed by atoms with van der Waals surface area (Å²) in [5.74, 6) is -2.81. The van der Waals surface area contributed by atoms with E-state index >= 15 is 0 Å². The van der Waals surface area contributed by atoms with Gasteiger partial charge in [0.2, 0.25) is 5.69 Å². The van der Waals surface area contributed by atoms with Crippen LogP contribution in [-0.2, 0) is 21.9 Å². The Morgan fingerprint density at radius 3 is 2.87 bits per heavy atom. The average molecular weight is 342 g/mol. The average Bonchev–Trinajstić information content (AvgIpc) is 2.78. The molecule has 1 aromatic heterocycles. The first-order chi connectivity index (χ1) is 10.9. The van der Waals surface area contributed by atoms with Crippen molar-refractivity contribution < 1.29 is 18.3 Å². The Hall–Kier alpha value is -1.94. The summed E-state index contributed by atoms with van der Waals surface area (Å²) in [7, 11) is 1.33. The summed E-state index contributed by atoms with van der Waals surface area (Å²) in [4.78, 5) is 20.4. The number of nitrogens with zero attached hydrogens (tertiary/aromatic N) is 3. The quantitative estimate of drug-likeness (QED) is 0.480. The number of aromatic nitrogens is 1. The first-order valence-corrected chi connectivity index (χ1v) is 7.55. The molecule has 0 amide bonds. The maximum Gasteiger partial charge on any atom is 0.305 e. The molecule has 1 aliphatic carbocycles. The molecular weight excluding hydrogens is 328 g/mol. The van der Waals surface area contributed by atoms with E-state index < -0.39 is 5.92 Å². The van der Waals surface area contributed by atoms with Gasteiger partial charge in [-0.3, -0.25) is 4.79 Å². The summed E-state index contributed by atoms with van der Waals surface area (Å²) in [6, 6.07) is 0. The predicted molar refractivity (Wildman–Crippen MR) is 80.1 cm³/mol. The van der Waals surface area contributed by atoms with Gasteiger partial charge in [0.05, 0.1) is 20.1 Å². The maximum atomic E-state index is 14.1. The maximum absolute atomic E-state index is 14.1. The van der Waals surface area contributed by atoms with Crippen LogP contribution < -0.4 is 4.90 Å². The molecule has 0 N–H and O–H groups in total. The van der Waals surface area contributed by atoms with Crippen molar-refractivity contribution in [1.29, 1.82) is 0 Å². The van der Waals surface area contributed by atoms with Gasteiger partial charge in [0.1, 0.15) is 11.0 Å². The largest absolute Gasteiger partial charge is 0.469 e. The zero-order chi connectivity index (χ0) is 16.8. The van der Waals surface area contributed by atoms with Crippen LogP contribution in [0.25, 0.3) is 4.85 Å². The number of alkyl halides is 2. The van der Waals surface area contributed by atoms with Crippen LogP contribution >= 0.6 is 11.6 Å². The number of pyridine rings is 1. The number of hydrogen-bond acceptors (Lipinski definition) is 4. The third-order valence-electron chi connectivity index (χ3n) is 4.31. The molecule has 1 aliphatic heterocycles. The number of hydrogen-bond donors (Lipinski definition) is 0. The van der Waals surface area contributed by atoms with Crippen LogP contribution in [0.5, 0.6) is 0 Å². The fourth-order valence-electron chi connectivity index (χ4n) is 3.16. The molecule has 8 heteroatoms. The highest BCUT2D eigenvalue weighted by molar-refractivity contribution is 6.32. The van der Waals surface area contributed by atoms with Gasteiger partial charge in [-0.05, 0) is 12.0 Å². The second-order valence-corrected chi connectivity index (χ2v) is 6.15. The first kappa shape index (κ1) is 15.9. The summed E-state index contributed by atoms with van der Waals surface area (Å²) in [6.45, 7) is 8.17. The normalized spacial score (nSPS) is 19.0. The molecule has 1 fully saturated rings. The Morgan fingerprint density at radius 1 is 1.57 bits per heavy atom. The molecule has 2 aliphatic rings. The number of carbonyl (C=O) groups excluding carboxylic acids is 1. The molecule has 0 spiro atoms. The summed E-state index contributed by atoms with van der Waals surface area (Å²) in [5, 5.41) is -0.188. The van der Waals surface area contributed by atoms with E-state index in [1.54, 1.807) is 0 Å². The van der Waals surface area contributed by atoms with Gasteiger partial charge in [-0.2, -0.15) is 0 Å². The fraction of sp³-hybridized carbons (Fsp3) is 0.533. The van der Waals surface area contributed by atoms with Crippen molar-refractivity contribution in [2.75, 3.05) is 25.1 Å². The van der Waals surface area contributed by atoms with E-state index in [4.69, 9.17) is 18.2 Å². The molecule has 0 saturated carbocycles. The predicted octanol–water partition coefficient (Wildman–Crippen LogP) is 3.32. The molecule has 122 valence electrons. The SMILES string of the molecule is [C-]#[N+]c1c(Cl)nc(N2CC(CC(=O)OC)C2)c2c1C(F)(F)CC2. The lowest BCUT2D eigenvalue weighted by atomic mass is 9.95. The first-order valence-electron chi connectivity index (χ1n) is 7.17. The minimum atomic E-state index is -3.05. The molecule has 0 bridgehead atoms. The molecular formula is C15H14ClF2N3O2. The van der Waals surface area contributed by atoms with Crippen LogP contribution in [0.15, 0.2) is 0 Å². The smallest absolute Gasteiger partial charge is 0.305 e. The Morgan fingerprint density at radius 2 is 2.26 bits per heavy atom. The van der Waals surface area contributed by atoms with Gasteiger partial charge in [0.15, 0.2) is 0 Å². The third-order valence-corrected chi connectivity index (χ3v) is 4.58. The Labute approximate surface area is 137 Å². The van der Waals surface area contributed by atoms with Gasteiger partial charge in [0, 0.05) is 31.0 Å². The zero-order valence-electron chi connectivity index (χ0n) is 12.4. The summed E-state index contributed by atoms with van der Waals surface area (Å²) in [6.07, 6.45) is 0.126. The van der Waals surface area contributed by atoms with Crippen LogP contribution in [-0.4, -0.2) is 31.2 Å². The Kier molecular flexibility index (Phi) is 3.88. The number of anilines is 1. The highest BCUT2D eigenvalue weighted by Crippen LogP contribution is 2.51. The minimum absolute atomic E-state index is 0.112. The van der Waals surface area contributed by atoms with Crippen LogP contribution in [0.4, 0.5) is 20.3 Å². The third kappa shape index (κ3) is 2.61. The van der Waals surface area contributed by atoms with Crippen LogP contribution in [0, 0.1) is 12.5 Å². The van der Waals surface area contributed by atoms with Gasteiger partial charge in [-0.1, -0.05) is 11.6 Å². The molecule has 1 saturated heterocycles. The monoisotopic (exact) mass is 341 g/mol. The van der Waals surface area contributed by atoms with Crippen molar-refractivity contribution in [3.8, 4) is 0 Å². The second kappa shape index (κ2) is 5.60. The number of fused-ring (bicyclic) bond motifs is 1. The molecule has 23 heavy (non-hydrogen) atoms. The number of halogens is 3. The minimum Gasteiger partial charge on any atom is -0.469 e.